The maximum absolute atomic E-state index is 5.51. The number of hydrogen-bond donors (Lipinski definition) is 2. The minimum Gasteiger partial charge on any atom is -0.444 e. The number of halogens is 1. The standard InChI is InChI=1S/C13H19N5OS.HI/c1-8-9(2)19-12(18-8)7-17-13(14-4)16-6-11-5-15-10(3)20-11;/h5H,6-7H2,1-4H3,(H2,14,16,17);1H. The lowest BCUT2D eigenvalue weighted by atomic mass is 10.4. The van der Waals surface area contributed by atoms with Gasteiger partial charge in [-0.3, -0.25) is 4.99 Å². The van der Waals surface area contributed by atoms with E-state index in [9.17, 15) is 0 Å². The Morgan fingerprint density at radius 2 is 2.00 bits per heavy atom. The molecule has 0 aliphatic heterocycles. The molecular formula is C13H20IN5OS. The van der Waals surface area contributed by atoms with E-state index in [4.69, 9.17) is 4.42 Å². The second kappa shape index (κ2) is 8.32. The molecule has 0 bridgehead atoms. The fourth-order valence-electron chi connectivity index (χ4n) is 1.65. The van der Waals surface area contributed by atoms with Crippen molar-refractivity contribution in [3.8, 4) is 0 Å². The predicted octanol–water partition coefficient (Wildman–Crippen LogP) is 2.54. The van der Waals surface area contributed by atoms with Crippen LogP contribution >= 0.6 is 35.3 Å². The van der Waals surface area contributed by atoms with E-state index < -0.39 is 0 Å². The van der Waals surface area contributed by atoms with Gasteiger partial charge >= 0.3 is 0 Å². The van der Waals surface area contributed by atoms with E-state index >= 15 is 0 Å². The molecule has 2 rings (SSSR count). The van der Waals surface area contributed by atoms with Crippen molar-refractivity contribution < 1.29 is 4.42 Å². The van der Waals surface area contributed by atoms with Gasteiger partial charge in [0.15, 0.2) is 5.96 Å². The van der Waals surface area contributed by atoms with Crippen molar-refractivity contribution in [2.75, 3.05) is 7.05 Å². The molecular weight excluding hydrogens is 401 g/mol. The zero-order chi connectivity index (χ0) is 14.5. The first-order chi connectivity index (χ1) is 9.58. The van der Waals surface area contributed by atoms with Gasteiger partial charge in [0, 0.05) is 18.1 Å². The summed E-state index contributed by atoms with van der Waals surface area (Å²) >= 11 is 1.67. The first kappa shape index (κ1) is 17.9. The maximum atomic E-state index is 5.51. The van der Waals surface area contributed by atoms with Crippen LogP contribution in [0.2, 0.25) is 0 Å². The van der Waals surface area contributed by atoms with Gasteiger partial charge in [-0.25, -0.2) is 9.97 Å². The second-order valence-electron chi connectivity index (χ2n) is 4.37. The van der Waals surface area contributed by atoms with Gasteiger partial charge in [0.1, 0.15) is 5.76 Å². The number of nitrogens with zero attached hydrogens (tertiary/aromatic N) is 3. The van der Waals surface area contributed by atoms with Crippen molar-refractivity contribution in [1.82, 2.24) is 20.6 Å². The zero-order valence-electron chi connectivity index (χ0n) is 12.6. The van der Waals surface area contributed by atoms with Crippen LogP contribution in [0.25, 0.3) is 0 Å². The number of rotatable bonds is 4. The van der Waals surface area contributed by atoms with Crippen molar-refractivity contribution in [3.05, 3.63) is 33.4 Å². The van der Waals surface area contributed by atoms with Gasteiger partial charge in [0.25, 0.3) is 0 Å². The number of aryl methyl sites for hydroxylation is 3. The number of hydrogen-bond acceptors (Lipinski definition) is 5. The van der Waals surface area contributed by atoms with E-state index in [0.717, 1.165) is 16.5 Å². The lowest BCUT2D eigenvalue weighted by Crippen LogP contribution is -2.36. The number of guanidine groups is 1. The van der Waals surface area contributed by atoms with E-state index in [1.807, 2.05) is 27.0 Å². The lowest BCUT2D eigenvalue weighted by molar-refractivity contribution is 0.463. The van der Waals surface area contributed by atoms with Crippen LogP contribution in [0.15, 0.2) is 15.6 Å². The highest BCUT2D eigenvalue weighted by Crippen LogP contribution is 2.10. The lowest BCUT2D eigenvalue weighted by Gasteiger charge is -2.09. The van der Waals surface area contributed by atoms with Gasteiger partial charge in [-0.15, -0.1) is 35.3 Å². The first-order valence-electron chi connectivity index (χ1n) is 6.37. The SMILES string of the molecule is CN=C(NCc1nc(C)c(C)o1)NCc1cnc(C)s1.I. The molecule has 0 radical (unpaired) electrons. The van der Waals surface area contributed by atoms with Crippen LogP contribution in [0.5, 0.6) is 0 Å². The summed E-state index contributed by atoms with van der Waals surface area (Å²) in [5.74, 6) is 2.23. The molecule has 116 valence electrons. The van der Waals surface area contributed by atoms with Crippen LogP contribution in [-0.4, -0.2) is 23.0 Å². The van der Waals surface area contributed by atoms with Gasteiger partial charge in [-0.2, -0.15) is 0 Å². The maximum Gasteiger partial charge on any atom is 0.214 e. The second-order valence-corrected chi connectivity index (χ2v) is 5.69. The summed E-state index contributed by atoms with van der Waals surface area (Å²) < 4.78 is 5.51. The quantitative estimate of drug-likeness (QED) is 0.451. The van der Waals surface area contributed by atoms with E-state index in [1.54, 1.807) is 18.4 Å². The van der Waals surface area contributed by atoms with E-state index in [0.29, 0.717) is 24.9 Å². The average molecular weight is 421 g/mol. The zero-order valence-corrected chi connectivity index (χ0v) is 15.7. The molecule has 21 heavy (non-hydrogen) atoms. The molecule has 2 heterocycles. The van der Waals surface area contributed by atoms with Gasteiger partial charge in [0.05, 0.1) is 23.8 Å². The Kier molecular flexibility index (Phi) is 7.09. The van der Waals surface area contributed by atoms with Crippen molar-refractivity contribution >= 4 is 41.3 Å². The normalized spacial score (nSPS) is 11.1. The van der Waals surface area contributed by atoms with E-state index in [2.05, 4.69) is 25.6 Å². The summed E-state index contributed by atoms with van der Waals surface area (Å²) in [5.41, 5.74) is 0.921. The van der Waals surface area contributed by atoms with Crippen molar-refractivity contribution in [3.63, 3.8) is 0 Å². The van der Waals surface area contributed by atoms with Crippen LogP contribution in [0.1, 0.15) is 27.2 Å². The van der Waals surface area contributed by atoms with Gasteiger partial charge in [0.2, 0.25) is 5.89 Å². The third kappa shape index (κ3) is 5.27. The predicted molar refractivity (Wildman–Crippen MR) is 95.3 cm³/mol. The molecule has 6 nitrogen and oxygen atoms in total. The minimum atomic E-state index is 0. The Morgan fingerprint density at radius 3 is 2.52 bits per heavy atom. The van der Waals surface area contributed by atoms with E-state index in [-0.39, 0.29) is 24.0 Å². The van der Waals surface area contributed by atoms with E-state index in [1.165, 1.54) is 4.88 Å². The van der Waals surface area contributed by atoms with Crippen LogP contribution in [0, 0.1) is 20.8 Å². The summed E-state index contributed by atoms with van der Waals surface area (Å²) in [6.45, 7) is 7.05. The molecule has 0 aliphatic rings. The smallest absolute Gasteiger partial charge is 0.214 e. The van der Waals surface area contributed by atoms with Crippen LogP contribution in [-0.2, 0) is 13.1 Å². The summed E-state index contributed by atoms with van der Waals surface area (Å²) in [7, 11) is 1.74. The minimum absolute atomic E-state index is 0. The Hall–Kier alpha value is -1.16. The molecule has 0 aromatic carbocycles. The van der Waals surface area contributed by atoms with Crippen LogP contribution in [0.4, 0.5) is 0 Å². The summed E-state index contributed by atoms with van der Waals surface area (Å²) in [5, 5.41) is 7.47. The third-order valence-corrected chi connectivity index (χ3v) is 3.72. The number of nitrogens with one attached hydrogen (secondary N) is 2. The molecule has 0 saturated heterocycles. The fraction of sp³-hybridized carbons (Fsp3) is 0.462. The molecule has 2 aromatic rings. The average Bonchev–Trinajstić information content (AvgIpc) is 2.97. The number of oxazole rings is 1. The Balaban J connectivity index is 0.00000220. The van der Waals surface area contributed by atoms with Crippen molar-refractivity contribution in [2.45, 2.75) is 33.9 Å². The van der Waals surface area contributed by atoms with Crippen molar-refractivity contribution in [1.29, 1.82) is 0 Å². The Bertz CT molecular complexity index is 588. The van der Waals surface area contributed by atoms with Crippen molar-refractivity contribution in [2.24, 2.45) is 4.99 Å². The van der Waals surface area contributed by atoms with Crippen LogP contribution in [0.3, 0.4) is 0 Å². The largest absolute Gasteiger partial charge is 0.444 e. The van der Waals surface area contributed by atoms with Gasteiger partial charge in [-0.05, 0) is 20.8 Å². The highest BCUT2D eigenvalue weighted by molar-refractivity contribution is 14.0. The van der Waals surface area contributed by atoms with Gasteiger partial charge in [-0.1, -0.05) is 0 Å². The first-order valence-corrected chi connectivity index (χ1v) is 7.19. The Morgan fingerprint density at radius 1 is 1.29 bits per heavy atom. The monoisotopic (exact) mass is 421 g/mol. The highest BCUT2D eigenvalue weighted by Gasteiger charge is 2.06. The number of thiazole rings is 1. The highest BCUT2D eigenvalue weighted by atomic mass is 127. The molecule has 2 aromatic heterocycles. The fourth-order valence-corrected chi connectivity index (χ4v) is 2.39. The van der Waals surface area contributed by atoms with Gasteiger partial charge < -0.3 is 15.1 Å². The number of aliphatic imine (C=N–C) groups is 1. The summed E-state index contributed by atoms with van der Waals surface area (Å²) in [6, 6.07) is 0. The molecule has 0 saturated carbocycles. The molecule has 0 fully saturated rings. The molecule has 0 unspecified atom stereocenters. The molecule has 0 aliphatic carbocycles. The summed E-state index contributed by atoms with van der Waals surface area (Å²) in [4.78, 5) is 13.9. The third-order valence-electron chi connectivity index (χ3n) is 2.80. The molecule has 8 heteroatoms. The summed E-state index contributed by atoms with van der Waals surface area (Å²) in [6.07, 6.45) is 1.88. The molecule has 0 spiro atoms. The molecule has 0 amide bonds. The topological polar surface area (TPSA) is 75.3 Å². The van der Waals surface area contributed by atoms with Crippen LogP contribution < -0.4 is 10.6 Å². The molecule has 2 N–H and O–H groups in total. The Labute approximate surface area is 145 Å². The molecule has 0 atom stereocenters. The number of aromatic nitrogens is 2.